The van der Waals surface area contributed by atoms with Crippen LogP contribution in [0.2, 0.25) is 0 Å². The summed E-state index contributed by atoms with van der Waals surface area (Å²) in [5.41, 5.74) is 1.23. The van der Waals surface area contributed by atoms with Crippen LogP contribution in [0.3, 0.4) is 0 Å². The number of fused-ring (bicyclic) bond motifs is 1. The number of piperidine rings is 2. The van der Waals surface area contributed by atoms with Crippen LogP contribution in [0.15, 0.2) is 24.3 Å². The standard InChI is InChI=1S/C20H24FN3O2/c21-16-4-5-17-15(12-16)13-18(22-17)20(26)24-10-6-14(7-11-24)19(25)23-8-2-1-3-9-23/h4-5,12-14,22H,1-3,6-11H2. The lowest BCUT2D eigenvalue weighted by atomic mass is 9.94. The monoisotopic (exact) mass is 357 g/mol. The number of carbonyl (C=O) groups is 2. The molecule has 2 saturated heterocycles. The Hall–Kier alpha value is -2.37. The minimum Gasteiger partial charge on any atom is -0.351 e. The largest absolute Gasteiger partial charge is 0.351 e. The van der Waals surface area contributed by atoms with Crippen LogP contribution in [0.5, 0.6) is 0 Å². The van der Waals surface area contributed by atoms with Gasteiger partial charge in [-0.05, 0) is 56.4 Å². The molecule has 0 saturated carbocycles. The van der Waals surface area contributed by atoms with Crippen LogP contribution in [-0.4, -0.2) is 52.8 Å². The highest BCUT2D eigenvalue weighted by Crippen LogP contribution is 2.24. The van der Waals surface area contributed by atoms with Crippen LogP contribution >= 0.6 is 0 Å². The second-order valence-corrected chi connectivity index (χ2v) is 7.37. The van der Waals surface area contributed by atoms with Gasteiger partial charge in [0.05, 0.1) is 0 Å². The predicted molar refractivity (Wildman–Crippen MR) is 97.3 cm³/mol. The van der Waals surface area contributed by atoms with Crippen LogP contribution < -0.4 is 0 Å². The average Bonchev–Trinajstić information content (AvgIpc) is 3.11. The summed E-state index contributed by atoms with van der Waals surface area (Å²) >= 11 is 0. The first-order valence-corrected chi connectivity index (χ1v) is 9.48. The summed E-state index contributed by atoms with van der Waals surface area (Å²) in [5, 5.41) is 0.698. The van der Waals surface area contributed by atoms with Gasteiger partial charge in [0.15, 0.2) is 0 Å². The van der Waals surface area contributed by atoms with Crippen LogP contribution in [-0.2, 0) is 4.79 Å². The second kappa shape index (κ2) is 7.09. The summed E-state index contributed by atoms with van der Waals surface area (Å²) in [6.07, 6.45) is 4.85. The van der Waals surface area contributed by atoms with Crippen molar-refractivity contribution in [1.82, 2.24) is 14.8 Å². The number of rotatable bonds is 2. The van der Waals surface area contributed by atoms with E-state index in [1.807, 2.05) is 4.90 Å². The van der Waals surface area contributed by atoms with Gasteiger partial charge in [0.25, 0.3) is 5.91 Å². The topological polar surface area (TPSA) is 56.4 Å². The Labute approximate surface area is 152 Å². The number of H-pyrrole nitrogens is 1. The smallest absolute Gasteiger partial charge is 0.270 e. The van der Waals surface area contributed by atoms with Crippen LogP contribution in [0.25, 0.3) is 10.9 Å². The number of amides is 2. The fourth-order valence-electron chi connectivity index (χ4n) is 4.09. The number of nitrogens with one attached hydrogen (secondary N) is 1. The first-order chi connectivity index (χ1) is 12.6. The second-order valence-electron chi connectivity index (χ2n) is 7.37. The number of likely N-dealkylation sites (tertiary alicyclic amines) is 2. The predicted octanol–water partition coefficient (Wildman–Crippen LogP) is 3.17. The summed E-state index contributed by atoms with van der Waals surface area (Å²) in [5.74, 6) is -0.0927. The molecule has 0 atom stereocenters. The number of aromatic nitrogens is 1. The van der Waals surface area contributed by atoms with E-state index >= 15 is 0 Å². The molecule has 4 rings (SSSR count). The zero-order chi connectivity index (χ0) is 18.1. The Bertz CT molecular complexity index is 818. The number of aromatic amines is 1. The molecule has 2 aliphatic heterocycles. The molecular weight excluding hydrogens is 333 g/mol. The van der Waals surface area contributed by atoms with Crippen molar-refractivity contribution in [2.24, 2.45) is 5.92 Å². The van der Waals surface area contributed by atoms with Crippen molar-refractivity contribution in [1.29, 1.82) is 0 Å². The van der Waals surface area contributed by atoms with E-state index in [-0.39, 0.29) is 23.5 Å². The van der Waals surface area contributed by atoms with Crippen molar-refractivity contribution in [2.75, 3.05) is 26.2 Å². The number of hydrogen-bond acceptors (Lipinski definition) is 2. The van der Waals surface area contributed by atoms with Gasteiger partial charge in [-0.3, -0.25) is 9.59 Å². The van der Waals surface area contributed by atoms with E-state index in [0.717, 1.165) is 44.3 Å². The molecule has 26 heavy (non-hydrogen) atoms. The number of benzene rings is 1. The van der Waals surface area contributed by atoms with Gasteiger partial charge in [0, 0.05) is 43.0 Å². The van der Waals surface area contributed by atoms with E-state index in [4.69, 9.17) is 0 Å². The fraction of sp³-hybridized carbons (Fsp3) is 0.500. The van der Waals surface area contributed by atoms with Gasteiger partial charge >= 0.3 is 0 Å². The maximum atomic E-state index is 13.3. The molecule has 2 aliphatic rings. The summed E-state index contributed by atoms with van der Waals surface area (Å²) < 4.78 is 13.3. The molecule has 2 aromatic rings. The van der Waals surface area contributed by atoms with E-state index in [1.54, 1.807) is 17.0 Å². The van der Waals surface area contributed by atoms with Gasteiger partial charge in [-0.15, -0.1) is 0 Å². The number of carbonyl (C=O) groups excluding carboxylic acids is 2. The quantitative estimate of drug-likeness (QED) is 0.897. The average molecular weight is 357 g/mol. The van der Waals surface area contributed by atoms with E-state index in [2.05, 4.69) is 4.98 Å². The molecule has 5 nitrogen and oxygen atoms in total. The third kappa shape index (κ3) is 3.32. The third-order valence-corrected chi connectivity index (χ3v) is 5.61. The van der Waals surface area contributed by atoms with E-state index in [0.29, 0.717) is 24.2 Å². The van der Waals surface area contributed by atoms with Crippen molar-refractivity contribution in [3.63, 3.8) is 0 Å². The maximum Gasteiger partial charge on any atom is 0.270 e. The van der Waals surface area contributed by atoms with Crippen molar-refractivity contribution in [3.05, 3.63) is 35.8 Å². The lowest BCUT2D eigenvalue weighted by molar-refractivity contribution is -0.137. The molecular formula is C20H24FN3O2. The van der Waals surface area contributed by atoms with Gasteiger partial charge < -0.3 is 14.8 Å². The molecule has 1 aromatic heterocycles. The molecule has 0 unspecified atom stereocenters. The van der Waals surface area contributed by atoms with Crippen LogP contribution in [0.1, 0.15) is 42.6 Å². The lowest BCUT2D eigenvalue weighted by Gasteiger charge is -2.35. The van der Waals surface area contributed by atoms with Crippen molar-refractivity contribution >= 4 is 22.7 Å². The normalized spacial score (nSPS) is 19.1. The molecule has 0 aliphatic carbocycles. The van der Waals surface area contributed by atoms with Gasteiger partial charge in [0.2, 0.25) is 5.91 Å². The van der Waals surface area contributed by atoms with Crippen molar-refractivity contribution in [2.45, 2.75) is 32.1 Å². The highest BCUT2D eigenvalue weighted by atomic mass is 19.1. The van der Waals surface area contributed by atoms with E-state index < -0.39 is 0 Å². The number of hydrogen-bond donors (Lipinski definition) is 1. The Kier molecular flexibility index (Phi) is 4.66. The molecule has 138 valence electrons. The van der Waals surface area contributed by atoms with E-state index in [9.17, 15) is 14.0 Å². The van der Waals surface area contributed by atoms with Crippen molar-refractivity contribution < 1.29 is 14.0 Å². The lowest BCUT2D eigenvalue weighted by Crippen LogP contribution is -2.45. The highest BCUT2D eigenvalue weighted by Gasteiger charge is 2.31. The summed E-state index contributed by atoms with van der Waals surface area (Å²) in [4.78, 5) is 32.2. The molecule has 6 heteroatoms. The Morgan fingerprint density at radius 2 is 1.69 bits per heavy atom. The molecule has 0 bridgehead atoms. The van der Waals surface area contributed by atoms with Crippen molar-refractivity contribution in [3.8, 4) is 0 Å². The first kappa shape index (κ1) is 17.1. The maximum absolute atomic E-state index is 13.3. The van der Waals surface area contributed by atoms with Gasteiger partial charge in [0.1, 0.15) is 11.5 Å². The zero-order valence-corrected chi connectivity index (χ0v) is 14.8. The van der Waals surface area contributed by atoms with Gasteiger partial charge in [-0.2, -0.15) is 0 Å². The number of halogens is 1. The molecule has 0 spiro atoms. The van der Waals surface area contributed by atoms with E-state index in [1.165, 1.54) is 18.6 Å². The van der Waals surface area contributed by atoms with Crippen LogP contribution in [0, 0.1) is 11.7 Å². The Balaban J connectivity index is 1.38. The van der Waals surface area contributed by atoms with Crippen LogP contribution in [0.4, 0.5) is 4.39 Å². The Morgan fingerprint density at radius 1 is 0.962 bits per heavy atom. The molecule has 2 fully saturated rings. The molecule has 0 radical (unpaired) electrons. The summed E-state index contributed by atoms with van der Waals surface area (Å²) in [6.45, 7) is 2.94. The summed E-state index contributed by atoms with van der Waals surface area (Å²) in [7, 11) is 0. The molecule has 3 heterocycles. The zero-order valence-electron chi connectivity index (χ0n) is 14.8. The molecule has 1 aromatic carbocycles. The van der Waals surface area contributed by atoms with Gasteiger partial charge in [-0.25, -0.2) is 4.39 Å². The number of nitrogens with zero attached hydrogens (tertiary/aromatic N) is 2. The highest BCUT2D eigenvalue weighted by molar-refractivity contribution is 5.98. The fourth-order valence-corrected chi connectivity index (χ4v) is 4.09. The minimum absolute atomic E-state index is 0.0361. The molecule has 1 N–H and O–H groups in total. The third-order valence-electron chi connectivity index (χ3n) is 5.61. The van der Waals surface area contributed by atoms with Gasteiger partial charge in [-0.1, -0.05) is 0 Å². The SMILES string of the molecule is O=C(c1cc2cc(F)ccc2[nH]1)N1CCC(C(=O)N2CCCCC2)CC1. The molecule has 2 amide bonds. The minimum atomic E-state index is -0.312. The first-order valence-electron chi connectivity index (χ1n) is 9.48. The summed E-state index contributed by atoms with van der Waals surface area (Å²) in [6, 6.07) is 6.15. The Morgan fingerprint density at radius 3 is 2.42 bits per heavy atom.